The fourth-order valence-electron chi connectivity index (χ4n) is 12.1. The van der Waals surface area contributed by atoms with Gasteiger partial charge in [-0.05, 0) is 149 Å². The lowest BCUT2D eigenvalue weighted by Crippen LogP contribution is -2.28. The van der Waals surface area contributed by atoms with Crippen molar-refractivity contribution in [2.45, 2.75) is 75.0 Å². The van der Waals surface area contributed by atoms with Crippen LogP contribution in [0, 0.1) is 0 Å². The first-order chi connectivity index (χ1) is 26.7. The van der Waals surface area contributed by atoms with E-state index in [0.717, 1.165) is 0 Å². The largest absolute Gasteiger partial charge is 0.0619 e. The quantitative estimate of drug-likeness (QED) is 0.158. The summed E-state index contributed by atoms with van der Waals surface area (Å²) in [4.78, 5) is 0. The minimum atomic E-state index is 0.138. The van der Waals surface area contributed by atoms with E-state index >= 15 is 0 Å². The van der Waals surface area contributed by atoms with Crippen LogP contribution in [-0.2, 0) is 10.8 Å². The summed E-state index contributed by atoms with van der Waals surface area (Å²) in [6.45, 7) is 0. The maximum atomic E-state index is 2.60. The van der Waals surface area contributed by atoms with Crippen molar-refractivity contribution < 1.29 is 0 Å². The monoisotopic (exact) mass is 692 g/mol. The Hall–Kier alpha value is -5.46. The van der Waals surface area contributed by atoms with Crippen molar-refractivity contribution in [1.29, 1.82) is 0 Å². The molecule has 260 valence electrons. The van der Waals surface area contributed by atoms with Gasteiger partial charge < -0.3 is 0 Å². The smallest absolute Gasteiger partial charge is 0.0215 e. The summed E-state index contributed by atoms with van der Waals surface area (Å²) in [5, 5.41) is 8.05. The summed E-state index contributed by atoms with van der Waals surface area (Å²) < 4.78 is 0. The molecule has 0 aromatic heterocycles. The maximum absolute atomic E-state index is 2.60. The summed E-state index contributed by atoms with van der Waals surface area (Å²) >= 11 is 0. The third kappa shape index (κ3) is 4.15. The Morgan fingerprint density at radius 3 is 1.15 bits per heavy atom. The number of hydrogen-bond donors (Lipinski definition) is 0. The van der Waals surface area contributed by atoms with Gasteiger partial charge in [0.25, 0.3) is 0 Å². The Morgan fingerprint density at radius 2 is 0.685 bits per heavy atom. The van der Waals surface area contributed by atoms with Gasteiger partial charge in [0.1, 0.15) is 0 Å². The molecule has 0 N–H and O–H groups in total. The zero-order valence-corrected chi connectivity index (χ0v) is 30.9. The summed E-state index contributed by atoms with van der Waals surface area (Å²) in [6.07, 6.45) is 12.9. The van der Waals surface area contributed by atoms with Crippen LogP contribution in [0.3, 0.4) is 0 Å². The molecule has 2 fully saturated rings. The summed E-state index contributed by atoms with van der Waals surface area (Å²) in [5.74, 6) is 0. The van der Waals surface area contributed by atoms with E-state index in [2.05, 4.69) is 146 Å². The van der Waals surface area contributed by atoms with E-state index in [1.807, 2.05) is 0 Å². The highest BCUT2D eigenvalue weighted by atomic mass is 14.5. The van der Waals surface area contributed by atoms with Crippen molar-refractivity contribution in [2.24, 2.45) is 0 Å². The number of fused-ring (bicyclic) bond motifs is 15. The predicted octanol–water partition coefficient (Wildman–Crippen LogP) is 14.9. The predicted molar refractivity (Wildman–Crippen MR) is 228 cm³/mol. The third-order valence-corrected chi connectivity index (χ3v) is 14.4. The minimum Gasteiger partial charge on any atom is -0.0619 e. The van der Waals surface area contributed by atoms with Crippen LogP contribution in [0.5, 0.6) is 0 Å². The van der Waals surface area contributed by atoms with Gasteiger partial charge in [-0.3, -0.25) is 0 Å². The maximum Gasteiger partial charge on any atom is 0.0215 e. The van der Waals surface area contributed by atoms with Crippen LogP contribution in [0.15, 0.2) is 146 Å². The fourth-order valence-corrected chi connectivity index (χ4v) is 12.1. The van der Waals surface area contributed by atoms with Crippen LogP contribution < -0.4 is 0 Å². The van der Waals surface area contributed by atoms with Gasteiger partial charge in [0.2, 0.25) is 0 Å². The van der Waals surface area contributed by atoms with Gasteiger partial charge >= 0.3 is 0 Å². The molecule has 2 saturated carbocycles. The molecule has 0 radical (unpaired) electrons. The van der Waals surface area contributed by atoms with E-state index < -0.39 is 0 Å². The Bertz CT molecular complexity index is 2640. The minimum absolute atomic E-state index is 0.138. The first-order valence-corrected chi connectivity index (χ1v) is 20.6. The van der Waals surface area contributed by atoms with Gasteiger partial charge in [0.05, 0.1) is 0 Å². The van der Waals surface area contributed by atoms with Crippen molar-refractivity contribution in [2.75, 3.05) is 0 Å². The first kappa shape index (κ1) is 30.9. The number of benzene rings is 8. The zero-order valence-electron chi connectivity index (χ0n) is 30.9. The average Bonchev–Trinajstić information content (AvgIpc) is 3.66. The molecule has 0 amide bonds. The van der Waals surface area contributed by atoms with Crippen LogP contribution in [0.25, 0.3) is 76.8 Å². The Morgan fingerprint density at radius 1 is 0.296 bits per heavy atom. The van der Waals surface area contributed by atoms with Gasteiger partial charge in [-0.1, -0.05) is 160 Å². The van der Waals surface area contributed by atoms with E-state index in [1.165, 1.54) is 141 Å². The summed E-state index contributed by atoms with van der Waals surface area (Å²) in [5.41, 5.74) is 17.7. The van der Waals surface area contributed by atoms with Gasteiger partial charge in [-0.15, -0.1) is 0 Å². The van der Waals surface area contributed by atoms with E-state index in [-0.39, 0.29) is 10.8 Å². The highest BCUT2D eigenvalue weighted by Gasteiger charge is 2.45. The number of rotatable bonds is 2. The van der Waals surface area contributed by atoms with Crippen LogP contribution in [-0.4, -0.2) is 0 Å². The van der Waals surface area contributed by atoms with Gasteiger partial charge in [-0.25, -0.2) is 0 Å². The lowest BCUT2D eigenvalue weighted by molar-refractivity contribution is 0.353. The molecule has 2 spiro atoms. The molecule has 0 aliphatic heterocycles. The highest BCUT2D eigenvalue weighted by Crippen LogP contribution is 2.58. The van der Waals surface area contributed by atoms with Gasteiger partial charge in [-0.2, -0.15) is 0 Å². The molecule has 0 heteroatoms. The van der Waals surface area contributed by atoms with Crippen molar-refractivity contribution in [3.8, 4) is 44.5 Å². The van der Waals surface area contributed by atoms with Gasteiger partial charge in [0.15, 0.2) is 0 Å². The van der Waals surface area contributed by atoms with Crippen molar-refractivity contribution in [1.82, 2.24) is 0 Å². The molecule has 0 saturated heterocycles. The van der Waals surface area contributed by atoms with E-state index in [4.69, 9.17) is 0 Å². The molecule has 12 rings (SSSR count). The first-order valence-electron chi connectivity index (χ1n) is 20.6. The van der Waals surface area contributed by atoms with Crippen molar-refractivity contribution in [3.05, 3.63) is 168 Å². The Balaban J connectivity index is 1.09. The summed E-state index contributed by atoms with van der Waals surface area (Å²) in [7, 11) is 0. The van der Waals surface area contributed by atoms with Crippen molar-refractivity contribution >= 4 is 32.3 Å². The fraction of sp³-hybridized carbons (Fsp3) is 0.222. The SMILES string of the molecule is c1ccc2c(c1)-c1ccc(-c3cc4cc(-c5ccc6c(c5)C5(CCCCC5)c5ccccc5-6)c5ccccc5c4c4ccccc34)cc1C21CCCCC1. The highest BCUT2D eigenvalue weighted by molar-refractivity contribution is 6.25. The molecule has 0 unspecified atom stereocenters. The molecule has 4 aliphatic carbocycles. The third-order valence-electron chi connectivity index (χ3n) is 14.4. The van der Waals surface area contributed by atoms with Crippen LogP contribution >= 0.6 is 0 Å². The molecule has 4 aliphatic rings. The summed E-state index contributed by atoms with van der Waals surface area (Å²) in [6, 6.07) is 56.8. The molecule has 0 heterocycles. The second-order valence-electron chi connectivity index (χ2n) is 16.9. The second-order valence-corrected chi connectivity index (χ2v) is 16.9. The van der Waals surface area contributed by atoms with E-state index in [1.54, 1.807) is 22.3 Å². The van der Waals surface area contributed by atoms with Crippen molar-refractivity contribution in [3.63, 3.8) is 0 Å². The molecule has 8 aromatic rings. The molecular weight excluding hydrogens is 649 g/mol. The molecule has 8 aromatic carbocycles. The molecular formula is C54H44. The van der Waals surface area contributed by atoms with E-state index in [0.29, 0.717) is 0 Å². The lowest BCUT2D eigenvalue weighted by atomic mass is 9.67. The lowest BCUT2D eigenvalue weighted by Gasteiger charge is -2.36. The number of hydrogen-bond acceptors (Lipinski definition) is 0. The molecule has 54 heavy (non-hydrogen) atoms. The zero-order chi connectivity index (χ0) is 35.4. The van der Waals surface area contributed by atoms with Crippen LogP contribution in [0.2, 0.25) is 0 Å². The van der Waals surface area contributed by atoms with Crippen LogP contribution in [0.4, 0.5) is 0 Å². The van der Waals surface area contributed by atoms with Gasteiger partial charge in [0, 0.05) is 10.8 Å². The molecule has 0 nitrogen and oxygen atoms in total. The molecule has 0 bridgehead atoms. The Kier molecular flexibility index (Phi) is 6.60. The molecule has 0 atom stereocenters. The normalized spacial score (nSPS) is 17.6. The second kappa shape index (κ2) is 11.5. The van der Waals surface area contributed by atoms with E-state index in [9.17, 15) is 0 Å². The topological polar surface area (TPSA) is 0 Å². The standard InChI is InChI=1S/C54H44/c1-11-27-53(28-12-1)48-21-9-7-17-40(48)42-25-23-35(33-50(42)53)46-31-37-32-47(39-16-4-6-20-45(39)52(37)44-19-5-3-15-38(44)46)36-24-26-43-41-18-8-10-22-49(41)54(51(43)34-36)29-13-2-14-30-54/h3-10,15-26,31-34H,1-2,11-14,27-30H2. The Labute approximate surface area is 318 Å². The van der Waals surface area contributed by atoms with Crippen LogP contribution in [0.1, 0.15) is 86.5 Å². The average molecular weight is 693 g/mol.